The van der Waals surface area contributed by atoms with E-state index in [-0.39, 0.29) is 4.68 Å². The molecule has 0 unspecified atom stereocenters. The summed E-state index contributed by atoms with van der Waals surface area (Å²) in [6, 6.07) is -0.627. The molecule has 96 valence electrons. The van der Waals surface area contributed by atoms with E-state index in [0.717, 1.165) is 14.2 Å². The lowest BCUT2D eigenvalue weighted by atomic mass is 10.7. The zero-order chi connectivity index (χ0) is 13.2. The first-order chi connectivity index (χ1) is 7.76. The van der Waals surface area contributed by atoms with Crippen molar-refractivity contribution in [2.75, 3.05) is 13.7 Å². The molecule has 0 N–H and O–H groups in total. The van der Waals surface area contributed by atoms with Crippen LogP contribution in [0.5, 0.6) is 6.01 Å². The molecule has 0 fully saturated rings. The molecule has 7 nitrogen and oxygen atoms in total. The highest BCUT2D eigenvalue weighted by Gasteiger charge is 2.30. The van der Waals surface area contributed by atoms with Crippen LogP contribution in [0, 0.1) is 0 Å². The Hall–Kier alpha value is -2.00. The number of carbonyl (C=O) groups excluding carboxylic acids is 1. The second-order valence-electron chi connectivity index (χ2n) is 2.91. The number of nitrogens with zero attached hydrogens (tertiary/aromatic N) is 3. The van der Waals surface area contributed by atoms with Crippen LogP contribution in [-0.2, 0) is 11.8 Å². The number of alkyl halides is 3. The number of rotatable bonds is 2. The fourth-order valence-corrected chi connectivity index (χ4v) is 0.897. The van der Waals surface area contributed by atoms with Gasteiger partial charge in [-0.25, -0.2) is 14.2 Å². The number of hydrogen-bond donors (Lipinski definition) is 0. The van der Waals surface area contributed by atoms with Crippen molar-refractivity contribution < 1.29 is 27.4 Å². The van der Waals surface area contributed by atoms with Crippen molar-refractivity contribution in [1.82, 2.24) is 14.3 Å². The van der Waals surface area contributed by atoms with E-state index < -0.39 is 30.6 Å². The average molecular weight is 255 g/mol. The molecule has 0 atom stereocenters. The molecule has 0 spiro atoms. The molecule has 1 rings (SSSR count). The average Bonchev–Trinajstić information content (AvgIpc) is 2.52. The summed E-state index contributed by atoms with van der Waals surface area (Å²) in [6.45, 7) is -1.61. The molecule has 1 heterocycles. The third-order valence-corrected chi connectivity index (χ3v) is 1.65. The highest BCUT2D eigenvalue weighted by molar-refractivity contribution is 5.68. The Bertz CT molecular complexity index is 476. The number of halogens is 3. The van der Waals surface area contributed by atoms with E-state index in [9.17, 15) is 22.8 Å². The van der Waals surface area contributed by atoms with Crippen LogP contribution in [0.2, 0.25) is 0 Å². The molecule has 0 aliphatic rings. The highest BCUT2D eigenvalue weighted by atomic mass is 19.4. The van der Waals surface area contributed by atoms with Gasteiger partial charge in [-0.05, 0) is 0 Å². The lowest BCUT2D eigenvalue weighted by Crippen LogP contribution is -2.29. The van der Waals surface area contributed by atoms with Crippen LogP contribution < -0.4 is 10.4 Å². The number of carbonyl (C=O) groups is 1. The molecule has 0 aliphatic carbocycles. The minimum Gasteiger partial charge on any atom is -0.454 e. The second-order valence-corrected chi connectivity index (χ2v) is 2.91. The van der Waals surface area contributed by atoms with Crippen LogP contribution in [-0.4, -0.2) is 40.3 Å². The lowest BCUT2D eigenvalue weighted by Gasteiger charge is -2.06. The summed E-state index contributed by atoms with van der Waals surface area (Å²) in [5.41, 5.74) is -0.964. The molecule has 0 bridgehead atoms. The van der Waals surface area contributed by atoms with Crippen molar-refractivity contribution in [2.24, 2.45) is 7.05 Å². The van der Waals surface area contributed by atoms with Crippen LogP contribution >= 0.6 is 0 Å². The monoisotopic (exact) mass is 255 g/mol. The summed E-state index contributed by atoms with van der Waals surface area (Å²) in [5.74, 6) is 0. The molecular formula is C7H8F3N3O4. The minimum absolute atomic E-state index is 0.256. The molecule has 0 saturated heterocycles. The first-order valence-electron chi connectivity index (χ1n) is 4.20. The highest BCUT2D eigenvalue weighted by Crippen LogP contribution is 2.15. The van der Waals surface area contributed by atoms with E-state index >= 15 is 0 Å². The van der Waals surface area contributed by atoms with Gasteiger partial charge in [0.1, 0.15) is 0 Å². The lowest BCUT2D eigenvalue weighted by molar-refractivity contribution is -0.155. The maximum absolute atomic E-state index is 11.9. The van der Waals surface area contributed by atoms with E-state index in [0.29, 0.717) is 4.57 Å². The van der Waals surface area contributed by atoms with Crippen LogP contribution in [0.3, 0.4) is 0 Å². The van der Waals surface area contributed by atoms with Gasteiger partial charge in [0.25, 0.3) is 0 Å². The fourth-order valence-electron chi connectivity index (χ4n) is 0.897. The number of hydrogen-bond acceptors (Lipinski definition) is 5. The largest absolute Gasteiger partial charge is 0.454 e. The molecular weight excluding hydrogens is 247 g/mol. The quantitative estimate of drug-likeness (QED) is 0.751. The van der Waals surface area contributed by atoms with Crippen molar-refractivity contribution in [1.29, 1.82) is 0 Å². The molecule has 1 aromatic heterocycles. The maximum atomic E-state index is 11.9. The summed E-state index contributed by atoms with van der Waals surface area (Å²) in [7, 11) is 2.11. The SMILES string of the molecule is COC(=O)n1nc(OCC(F)(F)F)n(C)c1=O. The second kappa shape index (κ2) is 4.47. The smallest absolute Gasteiger partial charge is 0.439 e. The Balaban J connectivity index is 2.96. The van der Waals surface area contributed by atoms with Crippen molar-refractivity contribution >= 4 is 6.09 Å². The summed E-state index contributed by atoms with van der Waals surface area (Å²) in [4.78, 5) is 22.3. The molecule has 0 amide bonds. The zero-order valence-electron chi connectivity index (χ0n) is 8.82. The Morgan fingerprint density at radius 1 is 1.47 bits per heavy atom. The number of methoxy groups -OCH3 is 1. The molecule has 0 radical (unpaired) electrons. The van der Waals surface area contributed by atoms with Gasteiger partial charge in [0.2, 0.25) is 0 Å². The number of ether oxygens (including phenoxy) is 2. The van der Waals surface area contributed by atoms with Crippen LogP contribution in [0.15, 0.2) is 4.79 Å². The fraction of sp³-hybridized carbons (Fsp3) is 0.571. The normalized spacial score (nSPS) is 11.4. The third kappa shape index (κ3) is 2.98. The molecule has 17 heavy (non-hydrogen) atoms. The van der Waals surface area contributed by atoms with Gasteiger partial charge in [-0.1, -0.05) is 0 Å². The van der Waals surface area contributed by atoms with Crippen molar-refractivity contribution in [3.63, 3.8) is 0 Å². The Kier molecular flexibility index (Phi) is 3.44. The minimum atomic E-state index is -4.56. The standard InChI is InChI=1S/C7H8F3N3O4/c1-12-4(17-3-7(8,9)10)11-13(5(12)14)6(15)16-2/h3H2,1-2H3. The number of aromatic nitrogens is 3. The summed E-state index contributed by atoms with van der Waals surface area (Å²) >= 11 is 0. The van der Waals surface area contributed by atoms with Gasteiger partial charge in [0, 0.05) is 7.05 Å². The van der Waals surface area contributed by atoms with Gasteiger partial charge < -0.3 is 9.47 Å². The van der Waals surface area contributed by atoms with Crippen molar-refractivity contribution in [3.8, 4) is 6.01 Å². The Morgan fingerprint density at radius 3 is 2.53 bits per heavy atom. The van der Waals surface area contributed by atoms with E-state index in [1.54, 1.807) is 0 Å². The van der Waals surface area contributed by atoms with Crippen LogP contribution in [0.25, 0.3) is 0 Å². The van der Waals surface area contributed by atoms with Crippen molar-refractivity contribution in [2.45, 2.75) is 6.18 Å². The molecule has 0 saturated carbocycles. The van der Waals surface area contributed by atoms with Crippen LogP contribution in [0.1, 0.15) is 0 Å². The van der Waals surface area contributed by atoms with Gasteiger partial charge >= 0.3 is 24.0 Å². The van der Waals surface area contributed by atoms with E-state index in [1.807, 2.05) is 0 Å². The van der Waals surface area contributed by atoms with E-state index in [2.05, 4.69) is 14.6 Å². The summed E-state index contributed by atoms with van der Waals surface area (Å²) in [5, 5.41) is 3.25. The van der Waals surface area contributed by atoms with E-state index in [1.165, 1.54) is 0 Å². The topological polar surface area (TPSA) is 75.4 Å². The molecule has 0 aliphatic heterocycles. The van der Waals surface area contributed by atoms with Crippen molar-refractivity contribution in [3.05, 3.63) is 10.5 Å². The zero-order valence-corrected chi connectivity index (χ0v) is 8.82. The predicted octanol–water partition coefficient (Wildman–Crippen LogP) is 0.137. The van der Waals surface area contributed by atoms with Gasteiger partial charge in [-0.15, -0.1) is 9.78 Å². The molecule has 1 aromatic rings. The third-order valence-electron chi connectivity index (χ3n) is 1.65. The molecule has 10 heteroatoms. The molecule has 0 aromatic carbocycles. The van der Waals surface area contributed by atoms with Gasteiger partial charge in [-0.2, -0.15) is 13.2 Å². The first-order valence-corrected chi connectivity index (χ1v) is 4.20. The van der Waals surface area contributed by atoms with Gasteiger partial charge in [0.15, 0.2) is 6.61 Å². The first kappa shape index (κ1) is 13.1. The predicted molar refractivity (Wildman–Crippen MR) is 46.8 cm³/mol. The van der Waals surface area contributed by atoms with E-state index in [4.69, 9.17) is 0 Å². The van der Waals surface area contributed by atoms with Gasteiger partial charge in [-0.3, -0.25) is 0 Å². The van der Waals surface area contributed by atoms with Gasteiger partial charge in [0.05, 0.1) is 7.11 Å². The Morgan fingerprint density at radius 2 is 2.06 bits per heavy atom. The summed E-state index contributed by atoms with van der Waals surface area (Å²) in [6.07, 6.45) is -5.68. The Labute approximate surface area is 92.3 Å². The maximum Gasteiger partial charge on any atom is 0.439 e. The van der Waals surface area contributed by atoms with Crippen LogP contribution in [0.4, 0.5) is 18.0 Å². The summed E-state index contributed by atoms with van der Waals surface area (Å²) < 4.78 is 45.0.